The molecule has 0 spiro atoms. The molecule has 0 unspecified atom stereocenters. The van der Waals surface area contributed by atoms with Crippen LogP contribution in [0, 0.1) is 0 Å². The predicted molar refractivity (Wildman–Crippen MR) is 122 cm³/mol. The first-order valence-corrected chi connectivity index (χ1v) is 10.8. The zero-order valence-corrected chi connectivity index (χ0v) is 19.0. The number of carbonyl (C=O) groups excluding carboxylic acids is 2. The monoisotopic (exact) mass is 441 g/mol. The standard InChI is InChI=1S/C25H31NO6/c1-4-31-25(28)13-7-5-6-10-16-32-23-17-19(26-18-24(23)30-3)14-15-21(27)20-11-8-9-12-22(20)29-2/h8-9,11-12,14-15,17-18H,4-7,10,13,16H2,1-3H3/b15-14+. The van der Waals surface area contributed by atoms with E-state index in [1.54, 1.807) is 43.6 Å². The van der Waals surface area contributed by atoms with Crippen molar-refractivity contribution in [2.75, 3.05) is 27.4 Å². The highest BCUT2D eigenvalue weighted by Gasteiger charge is 2.10. The molecule has 7 nitrogen and oxygen atoms in total. The van der Waals surface area contributed by atoms with Crippen LogP contribution in [0.25, 0.3) is 6.08 Å². The van der Waals surface area contributed by atoms with Gasteiger partial charge in [0.05, 0.1) is 44.9 Å². The third kappa shape index (κ3) is 8.06. The number of rotatable bonds is 14. The number of hydrogen-bond donors (Lipinski definition) is 0. The van der Waals surface area contributed by atoms with Crippen molar-refractivity contribution in [2.45, 2.75) is 39.0 Å². The number of benzene rings is 1. The van der Waals surface area contributed by atoms with E-state index < -0.39 is 0 Å². The van der Waals surface area contributed by atoms with Crippen LogP contribution in [-0.2, 0) is 9.53 Å². The Hall–Kier alpha value is -3.35. The highest BCUT2D eigenvalue weighted by Crippen LogP contribution is 2.27. The Morgan fingerprint density at radius 2 is 1.72 bits per heavy atom. The van der Waals surface area contributed by atoms with Crippen molar-refractivity contribution in [3.8, 4) is 17.2 Å². The number of nitrogens with zero attached hydrogens (tertiary/aromatic N) is 1. The van der Waals surface area contributed by atoms with Crippen molar-refractivity contribution in [2.24, 2.45) is 0 Å². The van der Waals surface area contributed by atoms with Crippen molar-refractivity contribution in [1.29, 1.82) is 0 Å². The van der Waals surface area contributed by atoms with Crippen molar-refractivity contribution in [3.63, 3.8) is 0 Å². The van der Waals surface area contributed by atoms with E-state index >= 15 is 0 Å². The third-order valence-electron chi connectivity index (χ3n) is 4.69. The minimum absolute atomic E-state index is 0.143. The molecule has 0 saturated heterocycles. The van der Waals surface area contributed by atoms with Gasteiger partial charge in [-0.05, 0) is 44.1 Å². The number of hydrogen-bond acceptors (Lipinski definition) is 7. The number of aromatic nitrogens is 1. The fourth-order valence-electron chi connectivity index (χ4n) is 3.04. The number of ether oxygens (including phenoxy) is 4. The fraction of sp³-hybridized carbons (Fsp3) is 0.400. The van der Waals surface area contributed by atoms with Crippen LogP contribution in [-0.4, -0.2) is 44.2 Å². The number of esters is 1. The van der Waals surface area contributed by atoms with Gasteiger partial charge in [0, 0.05) is 12.5 Å². The molecule has 1 aromatic carbocycles. The molecule has 0 bridgehead atoms. The highest BCUT2D eigenvalue weighted by molar-refractivity contribution is 6.08. The first-order chi connectivity index (χ1) is 15.6. The predicted octanol–water partition coefficient (Wildman–Crippen LogP) is 4.89. The Morgan fingerprint density at radius 1 is 0.969 bits per heavy atom. The summed E-state index contributed by atoms with van der Waals surface area (Å²) in [6.07, 6.45) is 8.68. The number of carbonyl (C=O) groups is 2. The van der Waals surface area contributed by atoms with Gasteiger partial charge in [-0.25, -0.2) is 0 Å². The summed E-state index contributed by atoms with van der Waals surface area (Å²) in [7, 11) is 3.09. The van der Waals surface area contributed by atoms with E-state index in [2.05, 4.69) is 4.98 Å². The lowest BCUT2D eigenvalue weighted by Gasteiger charge is -2.11. The molecule has 0 aliphatic heterocycles. The molecule has 172 valence electrons. The second-order valence-corrected chi connectivity index (χ2v) is 6.98. The molecule has 7 heteroatoms. The maximum absolute atomic E-state index is 12.5. The van der Waals surface area contributed by atoms with E-state index in [9.17, 15) is 9.59 Å². The molecule has 1 heterocycles. The van der Waals surface area contributed by atoms with E-state index in [1.165, 1.54) is 13.2 Å². The van der Waals surface area contributed by atoms with Gasteiger partial charge >= 0.3 is 5.97 Å². The van der Waals surface area contributed by atoms with Crippen LogP contribution in [0.15, 0.2) is 42.6 Å². The number of allylic oxidation sites excluding steroid dienone is 1. The average molecular weight is 442 g/mol. The minimum atomic E-state index is -0.176. The smallest absolute Gasteiger partial charge is 0.305 e. The lowest BCUT2D eigenvalue weighted by molar-refractivity contribution is -0.143. The van der Waals surface area contributed by atoms with Gasteiger partial charge < -0.3 is 18.9 Å². The van der Waals surface area contributed by atoms with Gasteiger partial charge in [-0.1, -0.05) is 25.0 Å². The Bertz CT molecular complexity index is 909. The van der Waals surface area contributed by atoms with Crippen molar-refractivity contribution >= 4 is 17.8 Å². The summed E-state index contributed by atoms with van der Waals surface area (Å²) < 4.78 is 21.4. The molecule has 32 heavy (non-hydrogen) atoms. The van der Waals surface area contributed by atoms with Crippen LogP contribution < -0.4 is 14.2 Å². The van der Waals surface area contributed by atoms with Crippen LogP contribution in [0.3, 0.4) is 0 Å². The molecule has 0 saturated carbocycles. The molecule has 0 atom stereocenters. The quantitative estimate of drug-likeness (QED) is 0.179. The Labute approximate surface area is 189 Å². The summed E-state index contributed by atoms with van der Waals surface area (Å²) in [4.78, 5) is 28.1. The first kappa shape index (κ1) is 24.9. The molecule has 0 aliphatic rings. The summed E-state index contributed by atoms with van der Waals surface area (Å²) in [5, 5.41) is 0. The maximum atomic E-state index is 12.5. The number of ketones is 1. The second kappa shape index (κ2) is 13.9. The molecule has 2 rings (SSSR count). The van der Waals surface area contributed by atoms with Crippen molar-refractivity contribution in [3.05, 3.63) is 53.9 Å². The van der Waals surface area contributed by atoms with Gasteiger partial charge in [-0.3, -0.25) is 14.6 Å². The largest absolute Gasteiger partial charge is 0.496 e. The van der Waals surface area contributed by atoms with E-state index in [0.717, 1.165) is 25.7 Å². The van der Waals surface area contributed by atoms with Crippen LogP contribution in [0.5, 0.6) is 17.2 Å². The molecule has 0 amide bonds. The molecule has 0 N–H and O–H groups in total. The van der Waals surface area contributed by atoms with E-state index in [4.69, 9.17) is 18.9 Å². The second-order valence-electron chi connectivity index (χ2n) is 6.98. The maximum Gasteiger partial charge on any atom is 0.305 e. The van der Waals surface area contributed by atoms with Crippen LogP contribution in [0.4, 0.5) is 0 Å². The van der Waals surface area contributed by atoms with E-state index in [0.29, 0.717) is 48.1 Å². The first-order valence-electron chi connectivity index (χ1n) is 10.8. The van der Waals surface area contributed by atoms with Gasteiger partial charge in [-0.2, -0.15) is 0 Å². The topological polar surface area (TPSA) is 84.0 Å². The zero-order chi connectivity index (χ0) is 23.2. The lowest BCUT2D eigenvalue weighted by Crippen LogP contribution is -2.03. The van der Waals surface area contributed by atoms with Crippen LogP contribution in [0.2, 0.25) is 0 Å². The zero-order valence-electron chi connectivity index (χ0n) is 19.0. The fourth-order valence-corrected chi connectivity index (χ4v) is 3.04. The summed E-state index contributed by atoms with van der Waals surface area (Å²) in [6, 6.07) is 8.81. The van der Waals surface area contributed by atoms with Gasteiger partial charge in [0.15, 0.2) is 17.3 Å². The molecule has 2 aromatic rings. The Balaban J connectivity index is 1.88. The summed E-state index contributed by atoms with van der Waals surface area (Å²) in [6.45, 7) is 2.75. The van der Waals surface area contributed by atoms with Gasteiger partial charge in [0.1, 0.15) is 5.75 Å². The summed E-state index contributed by atoms with van der Waals surface area (Å²) in [5.41, 5.74) is 1.07. The molecule has 1 aromatic heterocycles. The normalized spacial score (nSPS) is 10.7. The molecular formula is C25H31NO6. The van der Waals surface area contributed by atoms with Crippen molar-refractivity contribution in [1.82, 2.24) is 4.98 Å². The number of unbranched alkanes of at least 4 members (excludes halogenated alkanes) is 3. The number of methoxy groups -OCH3 is 2. The molecule has 0 radical (unpaired) electrons. The van der Waals surface area contributed by atoms with Crippen LogP contribution >= 0.6 is 0 Å². The van der Waals surface area contributed by atoms with Crippen LogP contribution in [0.1, 0.15) is 55.1 Å². The lowest BCUT2D eigenvalue weighted by atomic mass is 10.1. The Kier molecular flexibility index (Phi) is 10.8. The highest BCUT2D eigenvalue weighted by atomic mass is 16.5. The minimum Gasteiger partial charge on any atom is -0.496 e. The SMILES string of the molecule is CCOC(=O)CCCCCCOc1cc(/C=C/C(=O)c2ccccc2OC)ncc1OC. The average Bonchev–Trinajstić information content (AvgIpc) is 2.82. The van der Waals surface area contributed by atoms with Gasteiger partial charge in [-0.15, -0.1) is 0 Å². The Morgan fingerprint density at radius 3 is 2.47 bits per heavy atom. The van der Waals surface area contributed by atoms with Gasteiger partial charge in [0.2, 0.25) is 0 Å². The molecule has 0 aliphatic carbocycles. The summed E-state index contributed by atoms with van der Waals surface area (Å²) >= 11 is 0. The molecular weight excluding hydrogens is 410 g/mol. The number of pyridine rings is 1. The third-order valence-corrected chi connectivity index (χ3v) is 4.69. The molecule has 0 fully saturated rings. The van der Waals surface area contributed by atoms with Gasteiger partial charge in [0.25, 0.3) is 0 Å². The summed E-state index contributed by atoms with van der Waals surface area (Å²) in [5.74, 6) is 1.30. The van der Waals surface area contributed by atoms with E-state index in [1.807, 2.05) is 13.0 Å². The van der Waals surface area contributed by atoms with Crippen molar-refractivity contribution < 1.29 is 28.5 Å². The van der Waals surface area contributed by atoms with E-state index in [-0.39, 0.29) is 11.8 Å². The number of para-hydroxylation sites is 1.